The molecular weight excluding hydrogens is 254 g/mol. The molecule has 20 heavy (non-hydrogen) atoms. The van der Waals surface area contributed by atoms with Gasteiger partial charge >= 0.3 is 0 Å². The van der Waals surface area contributed by atoms with Crippen LogP contribution in [0.1, 0.15) is 37.8 Å². The summed E-state index contributed by atoms with van der Waals surface area (Å²) in [5.74, 6) is 2.29. The third-order valence-electron chi connectivity index (χ3n) is 3.82. The predicted molar refractivity (Wildman–Crippen MR) is 79.3 cm³/mol. The van der Waals surface area contributed by atoms with Crippen molar-refractivity contribution in [2.24, 2.45) is 5.92 Å². The summed E-state index contributed by atoms with van der Waals surface area (Å²) in [6.07, 6.45) is 2.94. The van der Waals surface area contributed by atoms with Gasteiger partial charge < -0.3 is 19.9 Å². The molecular formula is C16H25NO3. The first-order chi connectivity index (χ1) is 9.74. The molecule has 1 aliphatic heterocycles. The molecule has 0 fully saturated rings. The Hall–Kier alpha value is -1.26. The number of methoxy groups -OCH3 is 1. The summed E-state index contributed by atoms with van der Waals surface area (Å²) in [5, 5.41) is 12.6. The number of ether oxygens (including phenoxy) is 2. The lowest BCUT2D eigenvalue weighted by Gasteiger charge is -2.21. The largest absolute Gasteiger partial charge is 0.497 e. The monoisotopic (exact) mass is 279 g/mol. The van der Waals surface area contributed by atoms with Crippen molar-refractivity contribution in [3.05, 3.63) is 23.8 Å². The van der Waals surface area contributed by atoms with Crippen LogP contribution in [-0.2, 0) is 0 Å². The molecule has 2 unspecified atom stereocenters. The normalized spacial score (nSPS) is 19.6. The van der Waals surface area contributed by atoms with Gasteiger partial charge in [0.15, 0.2) is 0 Å². The SMILES string of the molecule is COc1ccc2c(c1)C(NCC(C)CCO)CCCO2. The average molecular weight is 279 g/mol. The van der Waals surface area contributed by atoms with Gasteiger partial charge in [-0.05, 0) is 49.9 Å². The number of rotatable bonds is 6. The molecule has 2 rings (SSSR count). The minimum atomic E-state index is 0.251. The van der Waals surface area contributed by atoms with Gasteiger partial charge in [0.25, 0.3) is 0 Å². The Bertz CT molecular complexity index is 422. The van der Waals surface area contributed by atoms with Crippen molar-refractivity contribution in [3.63, 3.8) is 0 Å². The van der Waals surface area contributed by atoms with Crippen LogP contribution in [0.4, 0.5) is 0 Å². The van der Waals surface area contributed by atoms with Gasteiger partial charge in [0.2, 0.25) is 0 Å². The summed E-state index contributed by atoms with van der Waals surface area (Å²) in [5.41, 5.74) is 1.18. The summed E-state index contributed by atoms with van der Waals surface area (Å²) in [7, 11) is 1.69. The number of aliphatic hydroxyl groups is 1. The van der Waals surface area contributed by atoms with Gasteiger partial charge in [-0.3, -0.25) is 0 Å². The molecule has 112 valence electrons. The Kier molecular flexibility index (Phi) is 5.68. The van der Waals surface area contributed by atoms with E-state index < -0.39 is 0 Å². The van der Waals surface area contributed by atoms with Crippen molar-refractivity contribution < 1.29 is 14.6 Å². The molecule has 4 nitrogen and oxygen atoms in total. The van der Waals surface area contributed by atoms with E-state index in [-0.39, 0.29) is 6.61 Å². The van der Waals surface area contributed by atoms with Gasteiger partial charge in [-0.15, -0.1) is 0 Å². The van der Waals surface area contributed by atoms with E-state index in [9.17, 15) is 0 Å². The van der Waals surface area contributed by atoms with E-state index in [1.807, 2.05) is 12.1 Å². The van der Waals surface area contributed by atoms with E-state index in [4.69, 9.17) is 14.6 Å². The van der Waals surface area contributed by atoms with Gasteiger partial charge in [0.1, 0.15) is 11.5 Å². The van der Waals surface area contributed by atoms with Crippen LogP contribution in [-0.4, -0.2) is 32.0 Å². The summed E-state index contributed by atoms with van der Waals surface area (Å²) in [6.45, 7) is 4.08. The number of aliphatic hydroxyl groups excluding tert-OH is 1. The van der Waals surface area contributed by atoms with Crippen LogP contribution in [0.25, 0.3) is 0 Å². The first-order valence-electron chi connectivity index (χ1n) is 7.39. The van der Waals surface area contributed by atoms with Crippen molar-refractivity contribution in [3.8, 4) is 11.5 Å². The molecule has 1 aromatic carbocycles. The highest BCUT2D eigenvalue weighted by Gasteiger charge is 2.20. The maximum absolute atomic E-state index is 8.98. The molecule has 1 heterocycles. The van der Waals surface area contributed by atoms with Gasteiger partial charge in [0, 0.05) is 18.2 Å². The lowest BCUT2D eigenvalue weighted by atomic mass is 10.00. The highest BCUT2D eigenvalue weighted by Crippen LogP contribution is 2.34. The number of hydrogen-bond acceptors (Lipinski definition) is 4. The molecule has 0 aliphatic carbocycles. The molecule has 0 radical (unpaired) electrons. The third kappa shape index (κ3) is 3.87. The Morgan fingerprint density at radius 3 is 3.10 bits per heavy atom. The zero-order valence-electron chi connectivity index (χ0n) is 12.4. The average Bonchev–Trinajstić information content (AvgIpc) is 2.67. The lowest BCUT2D eigenvalue weighted by molar-refractivity contribution is 0.257. The highest BCUT2D eigenvalue weighted by molar-refractivity contribution is 5.42. The van der Waals surface area contributed by atoms with Gasteiger partial charge in [-0.25, -0.2) is 0 Å². The number of fused-ring (bicyclic) bond motifs is 1. The quantitative estimate of drug-likeness (QED) is 0.840. The fourth-order valence-electron chi connectivity index (χ4n) is 2.56. The maximum atomic E-state index is 8.98. The number of hydrogen-bond donors (Lipinski definition) is 2. The van der Waals surface area contributed by atoms with Crippen molar-refractivity contribution in [1.29, 1.82) is 0 Å². The van der Waals surface area contributed by atoms with E-state index in [2.05, 4.69) is 18.3 Å². The molecule has 0 spiro atoms. The highest BCUT2D eigenvalue weighted by atomic mass is 16.5. The summed E-state index contributed by atoms with van der Waals surface area (Å²) in [6, 6.07) is 6.29. The standard InChI is InChI=1S/C16H25NO3/c1-12(7-8-18)11-17-15-4-3-9-20-16-6-5-13(19-2)10-14(15)16/h5-6,10,12,15,17-18H,3-4,7-9,11H2,1-2H3. The minimum Gasteiger partial charge on any atom is -0.497 e. The Labute approximate surface area is 121 Å². The molecule has 0 bridgehead atoms. The Morgan fingerprint density at radius 2 is 2.35 bits per heavy atom. The first kappa shape index (κ1) is 15.1. The van der Waals surface area contributed by atoms with E-state index in [0.717, 1.165) is 43.9 Å². The Balaban J connectivity index is 2.09. The van der Waals surface area contributed by atoms with Crippen LogP contribution in [0.15, 0.2) is 18.2 Å². The molecule has 0 amide bonds. The van der Waals surface area contributed by atoms with E-state index >= 15 is 0 Å². The summed E-state index contributed by atoms with van der Waals surface area (Å²) in [4.78, 5) is 0. The molecule has 2 atom stereocenters. The van der Waals surface area contributed by atoms with E-state index in [0.29, 0.717) is 12.0 Å². The second kappa shape index (κ2) is 7.50. The summed E-state index contributed by atoms with van der Waals surface area (Å²) < 4.78 is 11.1. The van der Waals surface area contributed by atoms with Gasteiger partial charge in [-0.2, -0.15) is 0 Å². The smallest absolute Gasteiger partial charge is 0.124 e. The summed E-state index contributed by atoms with van der Waals surface area (Å²) >= 11 is 0. The third-order valence-corrected chi connectivity index (χ3v) is 3.82. The maximum Gasteiger partial charge on any atom is 0.124 e. The molecule has 0 saturated heterocycles. The Morgan fingerprint density at radius 1 is 1.50 bits per heavy atom. The lowest BCUT2D eigenvalue weighted by Crippen LogP contribution is -2.26. The topological polar surface area (TPSA) is 50.7 Å². The zero-order valence-corrected chi connectivity index (χ0v) is 12.4. The second-order valence-electron chi connectivity index (χ2n) is 5.47. The van der Waals surface area contributed by atoms with Gasteiger partial charge in [0.05, 0.1) is 13.7 Å². The van der Waals surface area contributed by atoms with Crippen LogP contribution in [0.3, 0.4) is 0 Å². The fourth-order valence-corrected chi connectivity index (χ4v) is 2.56. The van der Waals surface area contributed by atoms with Crippen LogP contribution in [0.5, 0.6) is 11.5 Å². The molecule has 1 aromatic rings. The van der Waals surface area contributed by atoms with E-state index in [1.54, 1.807) is 7.11 Å². The van der Waals surface area contributed by atoms with E-state index in [1.165, 1.54) is 5.56 Å². The molecule has 4 heteroatoms. The minimum absolute atomic E-state index is 0.251. The van der Waals surface area contributed by atoms with Crippen LogP contribution in [0.2, 0.25) is 0 Å². The fraction of sp³-hybridized carbons (Fsp3) is 0.625. The molecule has 0 aromatic heterocycles. The van der Waals surface area contributed by atoms with Crippen molar-refractivity contribution in [2.75, 3.05) is 26.9 Å². The number of benzene rings is 1. The molecule has 0 saturated carbocycles. The van der Waals surface area contributed by atoms with Gasteiger partial charge in [-0.1, -0.05) is 6.92 Å². The molecule has 1 aliphatic rings. The zero-order chi connectivity index (χ0) is 14.4. The van der Waals surface area contributed by atoms with Crippen LogP contribution in [0, 0.1) is 5.92 Å². The number of nitrogens with one attached hydrogen (secondary N) is 1. The molecule has 2 N–H and O–H groups in total. The van der Waals surface area contributed by atoms with Crippen molar-refractivity contribution in [1.82, 2.24) is 5.32 Å². The van der Waals surface area contributed by atoms with Crippen molar-refractivity contribution >= 4 is 0 Å². The van der Waals surface area contributed by atoms with Crippen LogP contribution >= 0.6 is 0 Å². The first-order valence-corrected chi connectivity index (χ1v) is 7.39. The predicted octanol–water partition coefficient (Wildman–Crippen LogP) is 2.52. The van der Waals surface area contributed by atoms with Crippen LogP contribution < -0.4 is 14.8 Å². The second-order valence-corrected chi connectivity index (χ2v) is 5.47. The van der Waals surface area contributed by atoms with Crippen molar-refractivity contribution in [2.45, 2.75) is 32.2 Å².